The fraction of sp³-hybridized carbons (Fsp3) is 0.160. The smallest absolute Gasteiger partial charge is 0.255 e. The molecule has 0 saturated heterocycles. The Hall–Kier alpha value is -3.73. The van der Waals surface area contributed by atoms with Crippen molar-refractivity contribution in [2.45, 2.75) is 27.2 Å². The number of allylic oxidation sites excluding steroid dienone is 4. The zero-order chi connectivity index (χ0) is 21.9. The third kappa shape index (κ3) is 7.72. The highest BCUT2D eigenvalue weighted by molar-refractivity contribution is 5.92. The van der Waals surface area contributed by atoms with Crippen LogP contribution in [0.25, 0.3) is 5.69 Å². The van der Waals surface area contributed by atoms with Crippen molar-refractivity contribution < 1.29 is 4.79 Å². The standard InChI is InChI=1S/C12H11NO.C7H8O.C6H8N2/c1-10-7-8-12(14)13(9-10)11-5-3-2-4-6-11;1-6-2-4-7(8)5-3-6;1-5-2-3-6(7)8-4-5/h2-9H,1H3;2-4H,5H2,1H3;2-4H,1H3,(H2,7,8). The molecule has 1 aliphatic rings. The van der Waals surface area contributed by atoms with Crippen molar-refractivity contribution in [2.24, 2.45) is 0 Å². The Bertz CT molecular complexity index is 1060. The molecule has 0 bridgehead atoms. The summed E-state index contributed by atoms with van der Waals surface area (Å²) in [7, 11) is 0. The van der Waals surface area contributed by atoms with Crippen LogP contribution in [-0.4, -0.2) is 15.3 Å². The number of pyridine rings is 2. The van der Waals surface area contributed by atoms with E-state index < -0.39 is 0 Å². The summed E-state index contributed by atoms with van der Waals surface area (Å²) in [5, 5.41) is 0. The first-order chi connectivity index (χ1) is 14.3. The van der Waals surface area contributed by atoms with Crippen LogP contribution in [0.15, 0.2) is 95.6 Å². The van der Waals surface area contributed by atoms with Gasteiger partial charge in [-0.05, 0) is 56.2 Å². The maximum absolute atomic E-state index is 11.5. The lowest BCUT2D eigenvalue weighted by Crippen LogP contribution is -2.16. The predicted octanol–water partition coefficient (Wildman–Crippen LogP) is 4.58. The average molecular weight is 402 g/mol. The number of hydrogen-bond acceptors (Lipinski definition) is 4. The summed E-state index contributed by atoms with van der Waals surface area (Å²) >= 11 is 0. The number of carbonyl (C=O) groups excluding carboxylic acids is 1. The second kappa shape index (κ2) is 11.3. The zero-order valence-electron chi connectivity index (χ0n) is 17.6. The lowest BCUT2D eigenvalue weighted by molar-refractivity contribution is -0.113. The predicted molar refractivity (Wildman–Crippen MR) is 123 cm³/mol. The number of carbonyl (C=O) groups is 1. The van der Waals surface area contributed by atoms with E-state index in [9.17, 15) is 9.59 Å². The van der Waals surface area contributed by atoms with E-state index in [2.05, 4.69) is 4.98 Å². The minimum Gasteiger partial charge on any atom is -0.384 e. The Morgan fingerprint density at radius 3 is 2.10 bits per heavy atom. The molecule has 30 heavy (non-hydrogen) atoms. The summed E-state index contributed by atoms with van der Waals surface area (Å²) in [6.45, 7) is 5.94. The monoisotopic (exact) mass is 401 g/mol. The summed E-state index contributed by atoms with van der Waals surface area (Å²) in [5.41, 5.74) is 9.62. The Kier molecular flexibility index (Phi) is 8.51. The molecule has 2 heterocycles. The third-order valence-corrected chi connectivity index (χ3v) is 4.18. The SMILES string of the molecule is CC1=CCC(=O)C=C1.Cc1ccc(=O)n(-c2ccccc2)c1.Cc1ccc(N)nc1. The van der Waals surface area contributed by atoms with Crippen molar-refractivity contribution in [3.63, 3.8) is 0 Å². The topological polar surface area (TPSA) is 78.0 Å². The van der Waals surface area contributed by atoms with Crippen LogP contribution in [0.4, 0.5) is 5.82 Å². The molecule has 1 aromatic carbocycles. The Morgan fingerprint density at radius 1 is 0.867 bits per heavy atom. The van der Waals surface area contributed by atoms with Crippen molar-refractivity contribution in [2.75, 3.05) is 5.73 Å². The highest BCUT2D eigenvalue weighted by Crippen LogP contribution is 2.05. The summed E-state index contributed by atoms with van der Waals surface area (Å²) in [4.78, 5) is 25.9. The number of rotatable bonds is 1. The van der Waals surface area contributed by atoms with Gasteiger partial charge in [-0.25, -0.2) is 4.98 Å². The van der Waals surface area contributed by atoms with Gasteiger partial charge in [-0.15, -0.1) is 0 Å². The van der Waals surface area contributed by atoms with Crippen LogP contribution in [0.2, 0.25) is 0 Å². The van der Waals surface area contributed by atoms with Crippen molar-refractivity contribution in [1.82, 2.24) is 9.55 Å². The molecule has 4 rings (SSSR count). The van der Waals surface area contributed by atoms with E-state index in [1.807, 2.05) is 81.6 Å². The first-order valence-corrected chi connectivity index (χ1v) is 9.65. The Morgan fingerprint density at radius 2 is 1.57 bits per heavy atom. The van der Waals surface area contributed by atoms with Crippen LogP contribution in [0.5, 0.6) is 0 Å². The molecular formula is C25H27N3O2. The van der Waals surface area contributed by atoms with Crippen molar-refractivity contribution >= 4 is 11.6 Å². The van der Waals surface area contributed by atoms with Gasteiger partial charge in [-0.3, -0.25) is 14.2 Å². The molecule has 0 spiro atoms. The summed E-state index contributed by atoms with van der Waals surface area (Å²) in [6.07, 6.45) is 9.57. The number of aromatic nitrogens is 2. The second-order valence-electron chi connectivity index (χ2n) is 6.96. The first kappa shape index (κ1) is 22.6. The zero-order valence-corrected chi connectivity index (χ0v) is 17.6. The van der Waals surface area contributed by atoms with Gasteiger partial charge >= 0.3 is 0 Å². The normalized spacial score (nSPS) is 12.1. The summed E-state index contributed by atoms with van der Waals surface area (Å²) in [5.74, 6) is 0.784. The van der Waals surface area contributed by atoms with E-state index in [0.29, 0.717) is 12.2 Å². The third-order valence-electron chi connectivity index (χ3n) is 4.18. The highest BCUT2D eigenvalue weighted by Gasteiger charge is 1.98. The van der Waals surface area contributed by atoms with Crippen LogP contribution < -0.4 is 11.3 Å². The lowest BCUT2D eigenvalue weighted by atomic mass is 10.1. The Labute approximate surface area is 177 Å². The van der Waals surface area contributed by atoms with E-state index in [4.69, 9.17) is 5.73 Å². The highest BCUT2D eigenvalue weighted by atomic mass is 16.1. The molecular weight excluding hydrogens is 374 g/mol. The number of nitrogen functional groups attached to an aromatic ring is 1. The first-order valence-electron chi connectivity index (χ1n) is 9.65. The molecule has 1 aliphatic carbocycles. The van der Waals surface area contributed by atoms with Gasteiger partial charge in [0.25, 0.3) is 5.56 Å². The largest absolute Gasteiger partial charge is 0.384 e. The van der Waals surface area contributed by atoms with Crippen molar-refractivity contribution in [1.29, 1.82) is 0 Å². The molecule has 2 aromatic heterocycles. The van der Waals surface area contributed by atoms with E-state index in [1.54, 1.807) is 29.0 Å². The van der Waals surface area contributed by atoms with E-state index in [0.717, 1.165) is 16.8 Å². The molecule has 0 unspecified atom stereocenters. The number of para-hydroxylation sites is 1. The maximum Gasteiger partial charge on any atom is 0.255 e. The summed E-state index contributed by atoms with van der Waals surface area (Å²) in [6, 6.07) is 16.7. The van der Waals surface area contributed by atoms with E-state index in [-0.39, 0.29) is 11.3 Å². The van der Waals surface area contributed by atoms with Gasteiger partial charge in [-0.2, -0.15) is 0 Å². The van der Waals surface area contributed by atoms with Gasteiger partial charge in [0.05, 0.1) is 0 Å². The molecule has 0 saturated carbocycles. The summed E-state index contributed by atoms with van der Waals surface area (Å²) < 4.78 is 1.65. The number of aryl methyl sites for hydroxylation is 2. The number of nitrogens with zero attached hydrogens (tertiary/aromatic N) is 2. The molecule has 0 atom stereocenters. The van der Waals surface area contributed by atoms with Gasteiger partial charge in [0, 0.05) is 30.6 Å². The van der Waals surface area contributed by atoms with Crippen molar-refractivity contribution in [3.05, 3.63) is 112 Å². The molecule has 0 fully saturated rings. The minimum atomic E-state index is 0.00167. The maximum atomic E-state index is 11.5. The number of anilines is 1. The van der Waals surface area contributed by atoms with Gasteiger partial charge in [0.1, 0.15) is 5.82 Å². The molecule has 0 radical (unpaired) electrons. The van der Waals surface area contributed by atoms with Gasteiger partial charge in [0.15, 0.2) is 5.78 Å². The number of nitrogens with two attached hydrogens (primary N) is 1. The minimum absolute atomic E-state index is 0.00167. The van der Waals surface area contributed by atoms with Gasteiger partial charge < -0.3 is 5.73 Å². The molecule has 0 aliphatic heterocycles. The quantitative estimate of drug-likeness (QED) is 0.647. The molecule has 5 heteroatoms. The van der Waals surface area contributed by atoms with Crippen LogP contribution in [0.3, 0.4) is 0 Å². The number of ketones is 1. The van der Waals surface area contributed by atoms with Crippen molar-refractivity contribution in [3.8, 4) is 5.69 Å². The number of benzene rings is 1. The van der Waals surface area contributed by atoms with Gasteiger partial charge in [-0.1, -0.05) is 48.1 Å². The average Bonchev–Trinajstić information content (AvgIpc) is 2.76. The fourth-order valence-corrected chi connectivity index (χ4v) is 2.48. The van der Waals surface area contributed by atoms with Crippen LogP contribution >= 0.6 is 0 Å². The van der Waals surface area contributed by atoms with Gasteiger partial charge in [0.2, 0.25) is 0 Å². The van der Waals surface area contributed by atoms with Crippen LogP contribution in [0.1, 0.15) is 24.5 Å². The van der Waals surface area contributed by atoms with Crippen LogP contribution in [0, 0.1) is 13.8 Å². The second-order valence-corrected chi connectivity index (χ2v) is 6.96. The molecule has 3 aromatic rings. The molecule has 2 N–H and O–H groups in total. The molecule has 0 amide bonds. The lowest BCUT2D eigenvalue weighted by Gasteiger charge is -2.05. The van der Waals surface area contributed by atoms with Crippen LogP contribution in [-0.2, 0) is 4.79 Å². The Balaban J connectivity index is 0.000000172. The molecule has 154 valence electrons. The number of hydrogen-bond donors (Lipinski definition) is 1. The fourth-order valence-electron chi connectivity index (χ4n) is 2.48. The van der Waals surface area contributed by atoms with E-state index in [1.165, 1.54) is 5.57 Å². The van der Waals surface area contributed by atoms with E-state index >= 15 is 0 Å². The molecule has 5 nitrogen and oxygen atoms in total.